The third kappa shape index (κ3) is 2.57. The number of anilines is 1. The molecular weight excluding hydrogens is 290 g/mol. The number of carbonyl (C=O) groups is 1. The lowest BCUT2D eigenvalue weighted by molar-refractivity contribution is 0.102. The first kappa shape index (κ1) is 13.3. The SMILES string of the molecule is O=C(Nc1ccccc1)c1cn2cc(-n3ccnc3)ccc2n1. The second-order valence-electron chi connectivity index (χ2n) is 5.07. The van der Waals surface area contributed by atoms with Crippen LogP contribution in [0.1, 0.15) is 10.5 Å². The molecular formula is C17H13N5O. The fourth-order valence-electron chi connectivity index (χ4n) is 2.37. The molecule has 3 heterocycles. The summed E-state index contributed by atoms with van der Waals surface area (Å²) in [5, 5.41) is 2.83. The summed E-state index contributed by atoms with van der Waals surface area (Å²) in [6.45, 7) is 0. The van der Waals surface area contributed by atoms with E-state index in [1.165, 1.54) is 0 Å². The Morgan fingerprint density at radius 2 is 1.91 bits per heavy atom. The molecule has 6 nitrogen and oxygen atoms in total. The highest BCUT2D eigenvalue weighted by Crippen LogP contribution is 2.13. The second kappa shape index (κ2) is 5.42. The van der Waals surface area contributed by atoms with Gasteiger partial charge in [-0.1, -0.05) is 18.2 Å². The molecule has 3 aromatic heterocycles. The molecule has 23 heavy (non-hydrogen) atoms. The van der Waals surface area contributed by atoms with E-state index in [2.05, 4.69) is 15.3 Å². The number of imidazole rings is 2. The van der Waals surface area contributed by atoms with Crippen molar-refractivity contribution in [3.05, 3.63) is 79.3 Å². The highest BCUT2D eigenvalue weighted by molar-refractivity contribution is 6.03. The molecule has 4 aromatic rings. The Balaban J connectivity index is 1.65. The molecule has 0 saturated heterocycles. The zero-order valence-electron chi connectivity index (χ0n) is 12.1. The molecule has 0 saturated carbocycles. The standard InChI is InChI=1S/C17H13N5O/c23-17(19-13-4-2-1-3-5-13)15-11-22-10-14(6-7-16(22)20-15)21-9-8-18-12-21/h1-12H,(H,19,23). The molecule has 0 atom stereocenters. The van der Waals surface area contributed by atoms with Gasteiger partial charge in [-0.25, -0.2) is 9.97 Å². The summed E-state index contributed by atoms with van der Waals surface area (Å²) in [4.78, 5) is 20.7. The van der Waals surface area contributed by atoms with Gasteiger partial charge in [0, 0.05) is 30.5 Å². The van der Waals surface area contributed by atoms with Crippen LogP contribution in [0.25, 0.3) is 11.3 Å². The van der Waals surface area contributed by atoms with Crippen LogP contribution in [0.3, 0.4) is 0 Å². The Morgan fingerprint density at radius 3 is 2.70 bits per heavy atom. The third-order valence-electron chi connectivity index (χ3n) is 3.50. The van der Waals surface area contributed by atoms with Gasteiger partial charge in [0.25, 0.3) is 5.91 Å². The van der Waals surface area contributed by atoms with Crippen molar-refractivity contribution in [3.63, 3.8) is 0 Å². The van der Waals surface area contributed by atoms with E-state index in [4.69, 9.17) is 0 Å². The van der Waals surface area contributed by atoms with Gasteiger partial charge in [0.15, 0.2) is 0 Å². The second-order valence-corrected chi connectivity index (χ2v) is 5.07. The predicted octanol–water partition coefficient (Wildman–Crippen LogP) is 2.77. The summed E-state index contributed by atoms with van der Waals surface area (Å²) in [6.07, 6.45) is 8.93. The van der Waals surface area contributed by atoms with Crippen molar-refractivity contribution in [2.45, 2.75) is 0 Å². The van der Waals surface area contributed by atoms with Crippen LogP contribution in [0.15, 0.2) is 73.6 Å². The van der Waals surface area contributed by atoms with Crippen LogP contribution >= 0.6 is 0 Å². The first-order valence-electron chi connectivity index (χ1n) is 7.13. The molecule has 1 aromatic carbocycles. The number of amides is 1. The highest BCUT2D eigenvalue weighted by Gasteiger charge is 2.11. The van der Waals surface area contributed by atoms with Crippen LogP contribution in [0.2, 0.25) is 0 Å². The van der Waals surface area contributed by atoms with Crippen LogP contribution in [0.5, 0.6) is 0 Å². The summed E-state index contributed by atoms with van der Waals surface area (Å²) in [5.41, 5.74) is 2.78. The molecule has 112 valence electrons. The Morgan fingerprint density at radius 1 is 1.04 bits per heavy atom. The zero-order valence-corrected chi connectivity index (χ0v) is 12.1. The number of nitrogens with one attached hydrogen (secondary N) is 1. The van der Waals surface area contributed by atoms with Gasteiger partial charge < -0.3 is 14.3 Å². The molecule has 1 amide bonds. The molecule has 0 spiro atoms. The van der Waals surface area contributed by atoms with Gasteiger partial charge >= 0.3 is 0 Å². The third-order valence-corrected chi connectivity index (χ3v) is 3.50. The number of nitrogens with zero attached hydrogens (tertiary/aromatic N) is 4. The highest BCUT2D eigenvalue weighted by atomic mass is 16.1. The average Bonchev–Trinajstić information content (AvgIpc) is 3.24. The van der Waals surface area contributed by atoms with E-state index in [0.29, 0.717) is 11.3 Å². The number of benzene rings is 1. The molecule has 0 unspecified atom stereocenters. The summed E-state index contributed by atoms with van der Waals surface area (Å²) >= 11 is 0. The number of pyridine rings is 1. The van der Waals surface area contributed by atoms with Gasteiger partial charge in [0.2, 0.25) is 0 Å². The van der Waals surface area contributed by atoms with Crippen LogP contribution in [-0.2, 0) is 0 Å². The molecule has 0 aliphatic rings. The summed E-state index contributed by atoms with van der Waals surface area (Å²) in [6, 6.07) is 13.1. The number of hydrogen-bond donors (Lipinski definition) is 1. The van der Waals surface area contributed by atoms with E-state index >= 15 is 0 Å². The van der Waals surface area contributed by atoms with E-state index in [1.54, 1.807) is 18.7 Å². The fraction of sp³-hybridized carbons (Fsp3) is 0. The molecule has 0 aliphatic heterocycles. The monoisotopic (exact) mass is 303 g/mol. The number of fused-ring (bicyclic) bond motifs is 1. The maximum Gasteiger partial charge on any atom is 0.275 e. The van der Waals surface area contributed by atoms with Crippen molar-refractivity contribution in [3.8, 4) is 5.69 Å². The van der Waals surface area contributed by atoms with E-state index in [1.807, 2.05) is 63.8 Å². The summed E-state index contributed by atoms with van der Waals surface area (Å²) < 4.78 is 3.72. The van der Waals surface area contributed by atoms with Gasteiger partial charge in [0.1, 0.15) is 11.3 Å². The van der Waals surface area contributed by atoms with Crippen molar-refractivity contribution in [2.24, 2.45) is 0 Å². The lowest BCUT2D eigenvalue weighted by Crippen LogP contribution is -2.11. The van der Waals surface area contributed by atoms with Gasteiger partial charge in [-0.2, -0.15) is 0 Å². The van der Waals surface area contributed by atoms with Gasteiger partial charge in [-0.15, -0.1) is 0 Å². The van der Waals surface area contributed by atoms with E-state index in [0.717, 1.165) is 11.4 Å². The molecule has 0 bridgehead atoms. The maximum absolute atomic E-state index is 12.3. The van der Waals surface area contributed by atoms with Crippen molar-refractivity contribution < 1.29 is 4.79 Å². The van der Waals surface area contributed by atoms with Gasteiger partial charge in [-0.05, 0) is 24.3 Å². The lowest BCUT2D eigenvalue weighted by atomic mass is 10.3. The minimum Gasteiger partial charge on any atom is -0.321 e. The molecule has 0 radical (unpaired) electrons. The topological polar surface area (TPSA) is 64.2 Å². The maximum atomic E-state index is 12.3. The number of carbonyl (C=O) groups excluding carboxylic acids is 1. The normalized spacial score (nSPS) is 10.8. The summed E-state index contributed by atoms with van der Waals surface area (Å²) in [7, 11) is 0. The molecule has 6 heteroatoms. The van der Waals surface area contributed by atoms with Crippen molar-refractivity contribution in [1.82, 2.24) is 18.9 Å². The van der Waals surface area contributed by atoms with Crippen LogP contribution in [-0.4, -0.2) is 24.8 Å². The zero-order chi connectivity index (χ0) is 15.6. The number of para-hydroxylation sites is 1. The van der Waals surface area contributed by atoms with Crippen molar-refractivity contribution in [1.29, 1.82) is 0 Å². The van der Waals surface area contributed by atoms with Crippen LogP contribution in [0.4, 0.5) is 5.69 Å². The molecule has 0 fully saturated rings. The number of rotatable bonds is 3. The van der Waals surface area contributed by atoms with Gasteiger partial charge in [-0.3, -0.25) is 4.79 Å². The van der Waals surface area contributed by atoms with Gasteiger partial charge in [0.05, 0.1) is 12.0 Å². The molecule has 1 N–H and O–H groups in total. The van der Waals surface area contributed by atoms with Crippen LogP contribution < -0.4 is 5.32 Å². The quantitative estimate of drug-likeness (QED) is 0.633. The predicted molar refractivity (Wildman–Crippen MR) is 86.7 cm³/mol. The first-order valence-corrected chi connectivity index (χ1v) is 7.13. The Hall–Kier alpha value is -3.41. The number of hydrogen-bond acceptors (Lipinski definition) is 3. The first-order chi connectivity index (χ1) is 11.3. The lowest BCUT2D eigenvalue weighted by Gasteiger charge is -2.02. The van der Waals surface area contributed by atoms with E-state index < -0.39 is 0 Å². The minimum atomic E-state index is -0.232. The van der Waals surface area contributed by atoms with Crippen LogP contribution in [0, 0.1) is 0 Å². The van der Waals surface area contributed by atoms with Crippen molar-refractivity contribution in [2.75, 3.05) is 5.32 Å². The van der Waals surface area contributed by atoms with E-state index in [9.17, 15) is 4.79 Å². The minimum absolute atomic E-state index is 0.232. The van der Waals surface area contributed by atoms with Crippen molar-refractivity contribution >= 4 is 17.2 Å². The Bertz CT molecular complexity index is 957. The largest absolute Gasteiger partial charge is 0.321 e. The number of aromatic nitrogens is 4. The molecule has 0 aliphatic carbocycles. The Kier molecular flexibility index (Phi) is 3.12. The smallest absolute Gasteiger partial charge is 0.275 e. The Labute approximate surface area is 132 Å². The average molecular weight is 303 g/mol. The fourth-order valence-corrected chi connectivity index (χ4v) is 2.37. The summed E-state index contributed by atoms with van der Waals surface area (Å²) in [5.74, 6) is -0.232. The molecule has 4 rings (SSSR count). The van der Waals surface area contributed by atoms with E-state index in [-0.39, 0.29) is 5.91 Å².